The van der Waals surface area contributed by atoms with E-state index in [0.29, 0.717) is 18.3 Å². The Morgan fingerprint density at radius 1 is 1.26 bits per heavy atom. The molecule has 7 heteroatoms. The van der Waals surface area contributed by atoms with Crippen molar-refractivity contribution in [3.63, 3.8) is 0 Å². The third-order valence-electron chi connectivity index (χ3n) is 3.97. The summed E-state index contributed by atoms with van der Waals surface area (Å²) in [5, 5.41) is 10.1. The van der Waals surface area contributed by atoms with Crippen LogP contribution < -0.4 is 10.6 Å². The molecule has 0 aromatic carbocycles. The van der Waals surface area contributed by atoms with Crippen LogP contribution in [0, 0.1) is 5.92 Å². The number of nitrogens with zero attached hydrogens (tertiary/aromatic N) is 2. The summed E-state index contributed by atoms with van der Waals surface area (Å²) < 4.78 is 39.7. The van der Waals surface area contributed by atoms with E-state index >= 15 is 0 Å². The molecule has 1 aromatic heterocycles. The van der Waals surface area contributed by atoms with E-state index in [2.05, 4.69) is 15.7 Å². The van der Waals surface area contributed by atoms with Crippen LogP contribution in [0.15, 0.2) is 6.07 Å². The molecule has 2 aliphatic rings. The predicted octanol–water partition coefficient (Wildman–Crippen LogP) is 2.26. The van der Waals surface area contributed by atoms with Crippen LogP contribution in [0.3, 0.4) is 0 Å². The van der Waals surface area contributed by atoms with Gasteiger partial charge in [0.15, 0.2) is 5.69 Å². The van der Waals surface area contributed by atoms with Crippen LogP contribution in [0.4, 0.5) is 19.0 Å². The van der Waals surface area contributed by atoms with E-state index in [1.165, 1.54) is 0 Å². The highest BCUT2D eigenvalue weighted by atomic mass is 19.4. The molecule has 0 radical (unpaired) electrons. The minimum absolute atomic E-state index is 0.0696. The van der Waals surface area contributed by atoms with Gasteiger partial charge in [0.2, 0.25) is 0 Å². The first kappa shape index (κ1) is 12.8. The van der Waals surface area contributed by atoms with Crippen molar-refractivity contribution in [3.05, 3.63) is 11.8 Å². The first-order chi connectivity index (χ1) is 9.05. The molecule has 1 saturated heterocycles. The second-order valence-electron chi connectivity index (χ2n) is 5.25. The number of aromatic nitrogens is 2. The van der Waals surface area contributed by atoms with Crippen molar-refractivity contribution >= 4 is 5.82 Å². The molecular formula is C12H17F3N4. The Bertz CT molecular complexity index is 448. The van der Waals surface area contributed by atoms with Crippen molar-refractivity contribution in [3.8, 4) is 0 Å². The zero-order valence-corrected chi connectivity index (χ0v) is 10.5. The predicted molar refractivity (Wildman–Crippen MR) is 65.0 cm³/mol. The van der Waals surface area contributed by atoms with Gasteiger partial charge in [0, 0.05) is 12.6 Å². The SMILES string of the molecule is FC(F)(F)c1cc2n(n1)C(C1CCCNC1)CCN2. The Morgan fingerprint density at radius 2 is 2.11 bits per heavy atom. The lowest BCUT2D eigenvalue weighted by atomic mass is 9.89. The summed E-state index contributed by atoms with van der Waals surface area (Å²) in [5.41, 5.74) is -0.800. The summed E-state index contributed by atoms with van der Waals surface area (Å²) in [7, 11) is 0. The molecule has 1 fully saturated rings. The monoisotopic (exact) mass is 274 g/mol. The molecule has 2 N–H and O–H groups in total. The van der Waals surface area contributed by atoms with Crippen molar-refractivity contribution in [2.45, 2.75) is 31.5 Å². The molecule has 2 aliphatic heterocycles. The van der Waals surface area contributed by atoms with Crippen LogP contribution >= 0.6 is 0 Å². The Morgan fingerprint density at radius 3 is 2.79 bits per heavy atom. The highest BCUT2D eigenvalue weighted by Crippen LogP contribution is 2.36. The van der Waals surface area contributed by atoms with E-state index in [1.54, 1.807) is 4.68 Å². The summed E-state index contributed by atoms with van der Waals surface area (Å²) in [4.78, 5) is 0. The standard InChI is InChI=1S/C12H17F3N4/c13-12(14,15)10-6-11-17-5-3-9(19(11)18-10)8-2-1-4-16-7-8/h6,8-9,16-17H,1-5,7H2. The van der Waals surface area contributed by atoms with Crippen LogP contribution in [0.1, 0.15) is 31.0 Å². The number of anilines is 1. The number of rotatable bonds is 1. The Balaban J connectivity index is 1.88. The second kappa shape index (κ2) is 4.70. The number of alkyl halides is 3. The lowest BCUT2D eigenvalue weighted by Crippen LogP contribution is -2.38. The molecule has 0 aliphatic carbocycles. The lowest BCUT2D eigenvalue weighted by Gasteiger charge is -2.34. The fraction of sp³-hybridized carbons (Fsp3) is 0.750. The number of piperidine rings is 1. The van der Waals surface area contributed by atoms with Crippen molar-refractivity contribution < 1.29 is 13.2 Å². The molecule has 1 aromatic rings. The summed E-state index contributed by atoms with van der Waals surface area (Å²) in [6.07, 6.45) is -1.41. The summed E-state index contributed by atoms with van der Waals surface area (Å²) in [5.74, 6) is 0.865. The van der Waals surface area contributed by atoms with Crippen molar-refractivity contribution in [1.82, 2.24) is 15.1 Å². The molecule has 0 spiro atoms. The smallest absolute Gasteiger partial charge is 0.370 e. The van der Waals surface area contributed by atoms with Gasteiger partial charge in [-0.05, 0) is 38.3 Å². The third-order valence-corrected chi connectivity index (χ3v) is 3.97. The van der Waals surface area contributed by atoms with E-state index in [1.807, 2.05) is 0 Å². The van der Waals surface area contributed by atoms with Crippen LogP contribution in [-0.2, 0) is 6.18 Å². The molecule has 0 saturated carbocycles. The second-order valence-corrected chi connectivity index (χ2v) is 5.25. The average Bonchev–Trinajstić information content (AvgIpc) is 2.83. The van der Waals surface area contributed by atoms with Crippen LogP contribution in [0.5, 0.6) is 0 Å². The number of hydrogen-bond donors (Lipinski definition) is 2. The molecule has 4 nitrogen and oxygen atoms in total. The number of halogens is 3. The van der Waals surface area contributed by atoms with Gasteiger partial charge in [0.25, 0.3) is 0 Å². The molecule has 19 heavy (non-hydrogen) atoms. The lowest BCUT2D eigenvalue weighted by molar-refractivity contribution is -0.141. The van der Waals surface area contributed by atoms with Crippen LogP contribution in [0.2, 0.25) is 0 Å². The van der Waals surface area contributed by atoms with Gasteiger partial charge in [-0.2, -0.15) is 18.3 Å². The van der Waals surface area contributed by atoms with E-state index in [0.717, 1.165) is 38.4 Å². The summed E-state index contributed by atoms with van der Waals surface area (Å²) in [6, 6.07) is 1.18. The minimum Gasteiger partial charge on any atom is -0.370 e. The maximum absolute atomic E-state index is 12.7. The van der Waals surface area contributed by atoms with Crippen molar-refractivity contribution in [1.29, 1.82) is 0 Å². The minimum atomic E-state index is -4.37. The van der Waals surface area contributed by atoms with E-state index < -0.39 is 11.9 Å². The Kier molecular flexibility index (Phi) is 3.16. The van der Waals surface area contributed by atoms with Gasteiger partial charge in [0.05, 0.1) is 6.04 Å². The quantitative estimate of drug-likeness (QED) is 0.825. The number of hydrogen-bond acceptors (Lipinski definition) is 3. The summed E-state index contributed by atoms with van der Waals surface area (Å²) in [6.45, 7) is 2.58. The van der Waals surface area contributed by atoms with Crippen molar-refractivity contribution in [2.24, 2.45) is 5.92 Å². The van der Waals surface area contributed by atoms with Crippen LogP contribution in [0.25, 0.3) is 0 Å². The fourth-order valence-electron chi connectivity index (χ4n) is 3.03. The number of nitrogens with one attached hydrogen (secondary N) is 2. The Hall–Kier alpha value is -1.24. The molecule has 2 atom stereocenters. The van der Waals surface area contributed by atoms with Gasteiger partial charge in [-0.3, -0.25) is 0 Å². The van der Waals surface area contributed by atoms with Gasteiger partial charge in [-0.25, -0.2) is 4.68 Å². The molecule has 3 rings (SSSR count). The fourth-order valence-corrected chi connectivity index (χ4v) is 3.03. The molecule has 106 valence electrons. The summed E-state index contributed by atoms with van der Waals surface area (Å²) >= 11 is 0. The zero-order chi connectivity index (χ0) is 13.5. The maximum Gasteiger partial charge on any atom is 0.435 e. The zero-order valence-electron chi connectivity index (χ0n) is 10.5. The van der Waals surface area contributed by atoms with Gasteiger partial charge >= 0.3 is 6.18 Å². The van der Waals surface area contributed by atoms with Gasteiger partial charge in [-0.15, -0.1) is 0 Å². The van der Waals surface area contributed by atoms with Gasteiger partial charge < -0.3 is 10.6 Å². The third kappa shape index (κ3) is 2.43. The number of fused-ring (bicyclic) bond motifs is 1. The highest BCUT2D eigenvalue weighted by molar-refractivity contribution is 5.40. The molecule has 0 bridgehead atoms. The molecule has 2 unspecified atom stereocenters. The van der Waals surface area contributed by atoms with E-state index in [9.17, 15) is 13.2 Å². The van der Waals surface area contributed by atoms with E-state index in [-0.39, 0.29) is 6.04 Å². The van der Waals surface area contributed by atoms with Gasteiger partial charge in [0.1, 0.15) is 5.82 Å². The first-order valence-corrected chi connectivity index (χ1v) is 6.67. The first-order valence-electron chi connectivity index (χ1n) is 6.67. The molecule has 3 heterocycles. The largest absolute Gasteiger partial charge is 0.435 e. The maximum atomic E-state index is 12.7. The van der Waals surface area contributed by atoms with Crippen LogP contribution in [-0.4, -0.2) is 29.4 Å². The normalized spacial score (nSPS) is 27.7. The Labute approximate surface area is 109 Å². The highest BCUT2D eigenvalue weighted by Gasteiger charge is 2.38. The van der Waals surface area contributed by atoms with Gasteiger partial charge in [-0.1, -0.05) is 0 Å². The molecular weight excluding hydrogens is 257 g/mol. The molecule has 0 amide bonds. The average molecular weight is 274 g/mol. The topological polar surface area (TPSA) is 41.9 Å². The van der Waals surface area contributed by atoms with Crippen molar-refractivity contribution in [2.75, 3.05) is 25.0 Å². The van der Waals surface area contributed by atoms with E-state index in [4.69, 9.17) is 0 Å².